The van der Waals surface area contributed by atoms with Gasteiger partial charge < -0.3 is 5.11 Å². The fourth-order valence-electron chi connectivity index (χ4n) is 2.69. The second-order valence-electron chi connectivity index (χ2n) is 5.30. The summed E-state index contributed by atoms with van der Waals surface area (Å²) in [6.45, 7) is 0.973. The van der Waals surface area contributed by atoms with Crippen molar-refractivity contribution < 1.29 is 17.9 Å². The molecule has 1 aliphatic rings. The summed E-state index contributed by atoms with van der Waals surface area (Å²) in [5.74, 6) is -0.556. The number of aliphatic hydroxyl groups excluding tert-OH is 1. The Hall–Kier alpha value is -0.630. The van der Waals surface area contributed by atoms with E-state index in [1.165, 1.54) is 19.1 Å². The Labute approximate surface area is 129 Å². The van der Waals surface area contributed by atoms with E-state index in [1.54, 1.807) is 11.8 Å². The zero-order valence-electron chi connectivity index (χ0n) is 12.1. The Morgan fingerprint density at radius 2 is 2.14 bits per heavy atom. The van der Waals surface area contributed by atoms with Gasteiger partial charge in [0.15, 0.2) is 0 Å². The van der Waals surface area contributed by atoms with Crippen molar-refractivity contribution in [3.8, 4) is 0 Å². The maximum absolute atomic E-state index is 13.7. The molecule has 0 amide bonds. The van der Waals surface area contributed by atoms with E-state index >= 15 is 0 Å². The summed E-state index contributed by atoms with van der Waals surface area (Å²) in [4.78, 5) is 0.0113. The predicted octanol–water partition coefficient (Wildman–Crippen LogP) is 2.19. The number of thioether (sulfide) groups is 1. The number of benzene rings is 1. The fourth-order valence-corrected chi connectivity index (χ4v) is 5.15. The van der Waals surface area contributed by atoms with E-state index in [0.29, 0.717) is 0 Å². The van der Waals surface area contributed by atoms with Crippen molar-refractivity contribution in [1.82, 2.24) is 4.72 Å². The summed E-state index contributed by atoms with van der Waals surface area (Å²) in [5.41, 5.74) is 0.220. The van der Waals surface area contributed by atoms with Crippen LogP contribution in [0.15, 0.2) is 17.0 Å². The van der Waals surface area contributed by atoms with E-state index in [0.717, 1.165) is 19.3 Å². The van der Waals surface area contributed by atoms with E-state index in [4.69, 9.17) is 5.11 Å². The van der Waals surface area contributed by atoms with Crippen LogP contribution in [0, 0.1) is 12.7 Å². The van der Waals surface area contributed by atoms with E-state index in [2.05, 4.69) is 4.72 Å². The number of halogens is 1. The van der Waals surface area contributed by atoms with Gasteiger partial charge >= 0.3 is 0 Å². The lowest BCUT2D eigenvalue weighted by atomic mass is 10.1. The third-order valence-corrected chi connectivity index (χ3v) is 6.48. The zero-order chi connectivity index (χ0) is 15.6. The highest BCUT2D eigenvalue weighted by molar-refractivity contribution is 7.99. The Bertz CT molecular complexity index is 619. The molecule has 0 radical (unpaired) electrons. The van der Waals surface area contributed by atoms with Crippen molar-refractivity contribution in [2.45, 2.75) is 49.0 Å². The molecule has 1 aromatic rings. The molecule has 0 heterocycles. The summed E-state index contributed by atoms with van der Waals surface area (Å²) in [5, 5.41) is 9.42. The van der Waals surface area contributed by atoms with Crippen molar-refractivity contribution in [2.24, 2.45) is 0 Å². The molecule has 2 atom stereocenters. The van der Waals surface area contributed by atoms with Crippen LogP contribution in [0.4, 0.5) is 4.39 Å². The van der Waals surface area contributed by atoms with Gasteiger partial charge in [-0.3, -0.25) is 0 Å². The van der Waals surface area contributed by atoms with E-state index < -0.39 is 22.4 Å². The van der Waals surface area contributed by atoms with Crippen molar-refractivity contribution in [3.63, 3.8) is 0 Å². The molecule has 1 aliphatic carbocycles. The van der Waals surface area contributed by atoms with Crippen LogP contribution in [0.5, 0.6) is 0 Å². The first-order valence-electron chi connectivity index (χ1n) is 6.84. The van der Waals surface area contributed by atoms with Gasteiger partial charge in [-0.15, -0.1) is 0 Å². The first-order chi connectivity index (χ1) is 9.89. The highest BCUT2D eigenvalue weighted by Gasteiger charge is 2.31. The molecular formula is C14H20FNO3S2. The normalized spacial score (nSPS) is 22.7. The number of sulfonamides is 1. The molecular weight excluding hydrogens is 313 g/mol. The van der Waals surface area contributed by atoms with E-state index in [9.17, 15) is 12.8 Å². The van der Waals surface area contributed by atoms with Crippen LogP contribution in [0.25, 0.3) is 0 Å². The highest BCUT2D eigenvalue weighted by atomic mass is 32.2. The SMILES string of the molecule is CSC1CCCC1NS(=O)(=O)c1cc(C)c(F)c(CO)c1. The third-order valence-electron chi connectivity index (χ3n) is 3.85. The fraction of sp³-hybridized carbons (Fsp3) is 0.571. The molecule has 2 unspecified atom stereocenters. The Kier molecular flexibility index (Phi) is 5.29. The number of hydrogen-bond acceptors (Lipinski definition) is 4. The Morgan fingerprint density at radius 3 is 2.76 bits per heavy atom. The van der Waals surface area contributed by atoms with Gasteiger partial charge in [-0.1, -0.05) is 6.42 Å². The van der Waals surface area contributed by atoms with Crippen LogP contribution in [-0.4, -0.2) is 31.1 Å². The second-order valence-corrected chi connectivity index (χ2v) is 8.10. The van der Waals surface area contributed by atoms with Gasteiger partial charge in [0.1, 0.15) is 5.82 Å². The predicted molar refractivity (Wildman–Crippen MR) is 82.3 cm³/mol. The highest BCUT2D eigenvalue weighted by Crippen LogP contribution is 2.30. The average molecular weight is 333 g/mol. The van der Waals surface area contributed by atoms with Crippen LogP contribution in [0.1, 0.15) is 30.4 Å². The quantitative estimate of drug-likeness (QED) is 0.867. The summed E-state index contributed by atoms with van der Waals surface area (Å²) < 4.78 is 41.3. The minimum Gasteiger partial charge on any atom is -0.392 e. The van der Waals surface area contributed by atoms with Gasteiger partial charge in [-0.25, -0.2) is 17.5 Å². The minimum absolute atomic E-state index is 0.00298. The van der Waals surface area contributed by atoms with E-state index in [-0.39, 0.29) is 27.3 Å². The number of rotatable bonds is 5. The molecule has 118 valence electrons. The number of hydrogen-bond donors (Lipinski definition) is 2. The molecule has 4 nitrogen and oxygen atoms in total. The molecule has 21 heavy (non-hydrogen) atoms. The van der Waals surface area contributed by atoms with Crippen LogP contribution >= 0.6 is 11.8 Å². The van der Waals surface area contributed by atoms with Crippen LogP contribution in [-0.2, 0) is 16.6 Å². The maximum Gasteiger partial charge on any atom is 0.240 e. The van der Waals surface area contributed by atoms with Gasteiger partial charge in [-0.05, 0) is 43.7 Å². The number of aryl methyl sites for hydroxylation is 1. The van der Waals surface area contributed by atoms with Crippen LogP contribution < -0.4 is 4.72 Å². The van der Waals surface area contributed by atoms with E-state index in [1.807, 2.05) is 6.26 Å². The summed E-state index contributed by atoms with van der Waals surface area (Å²) in [7, 11) is -3.70. The summed E-state index contributed by atoms with van der Waals surface area (Å²) >= 11 is 1.66. The average Bonchev–Trinajstić information content (AvgIpc) is 2.87. The molecule has 0 aromatic heterocycles. The maximum atomic E-state index is 13.7. The van der Waals surface area contributed by atoms with Crippen LogP contribution in [0.2, 0.25) is 0 Å². The van der Waals surface area contributed by atoms with Gasteiger partial charge in [0.05, 0.1) is 11.5 Å². The molecule has 1 saturated carbocycles. The van der Waals surface area contributed by atoms with Crippen LogP contribution in [0.3, 0.4) is 0 Å². The summed E-state index contributed by atoms with van der Waals surface area (Å²) in [6.07, 6.45) is 4.79. The minimum atomic E-state index is -3.70. The van der Waals surface area contributed by atoms with Gasteiger partial charge in [-0.2, -0.15) is 11.8 Å². The first kappa shape index (κ1) is 16.7. The molecule has 2 N–H and O–H groups in total. The molecule has 0 saturated heterocycles. The van der Waals surface area contributed by atoms with Crippen molar-refractivity contribution in [2.75, 3.05) is 6.26 Å². The second kappa shape index (κ2) is 6.64. The largest absolute Gasteiger partial charge is 0.392 e. The topological polar surface area (TPSA) is 66.4 Å². The number of nitrogens with one attached hydrogen (secondary N) is 1. The zero-order valence-corrected chi connectivity index (χ0v) is 13.7. The molecule has 1 fully saturated rings. The van der Waals surface area contributed by atoms with Gasteiger partial charge in [0, 0.05) is 16.9 Å². The van der Waals surface area contributed by atoms with Gasteiger partial charge in [0.25, 0.3) is 0 Å². The standard InChI is InChI=1S/C14H20FNO3S2/c1-9-6-11(7-10(8-17)14(9)15)21(18,19)16-12-4-3-5-13(12)20-2/h6-7,12-13,16-17H,3-5,8H2,1-2H3. The van der Waals surface area contributed by atoms with Crippen molar-refractivity contribution in [3.05, 3.63) is 29.1 Å². The molecule has 0 bridgehead atoms. The molecule has 0 spiro atoms. The summed E-state index contributed by atoms with van der Waals surface area (Å²) in [6, 6.07) is 2.42. The smallest absolute Gasteiger partial charge is 0.240 e. The lowest BCUT2D eigenvalue weighted by Gasteiger charge is -2.19. The van der Waals surface area contributed by atoms with Gasteiger partial charge in [0.2, 0.25) is 10.0 Å². The lowest BCUT2D eigenvalue weighted by molar-refractivity contribution is 0.275. The molecule has 0 aliphatic heterocycles. The third kappa shape index (κ3) is 3.59. The number of aliphatic hydroxyl groups is 1. The monoisotopic (exact) mass is 333 g/mol. The Morgan fingerprint density at radius 1 is 1.43 bits per heavy atom. The molecule has 2 rings (SSSR count). The Balaban J connectivity index is 2.29. The van der Waals surface area contributed by atoms with Crippen molar-refractivity contribution in [1.29, 1.82) is 0 Å². The molecule has 1 aromatic carbocycles. The lowest BCUT2D eigenvalue weighted by Crippen LogP contribution is -2.38. The molecule has 7 heteroatoms. The van der Waals surface area contributed by atoms with Crippen molar-refractivity contribution >= 4 is 21.8 Å². The first-order valence-corrected chi connectivity index (χ1v) is 9.61.